The Bertz CT molecular complexity index is 6530. The lowest BCUT2D eigenvalue weighted by atomic mass is 10.1. The van der Waals surface area contributed by atoms with E-state index in [1.54, 1.807) is 49.5 Å². The Balaban J connectivity index is 0.000000154. The Hall–Kier alpha value is -16.2. The van der Waals surface area contributed by atoms with Gasteiger partial charge in [-0.25, -0.2) is 62.7 Å². The first-order chi connectivity index (χ1) is 60.4. The summed E-state index contributed by atoms with van der Waals surface area (Å²) in [5.74, 6) is -2.44. The topological polar surface area (TPSA) is 433 Å². The number of nitrogens with zero attached hydrogens (tertiary/aromatic N) is 20. The van der Waals surface area contributed by atoms with Crippen LogP contribution in [0.3, 0.4) is 0 Å². The minimum Gasteiger partial charge on any atom is -0.366 e. The highest BCUT2D eigenvalue weighted by Crippen LogP contribution is 2.34. The Kier molecular flexibility index (Phi) is 29.7. The highest BCUT2D eigenvalue weighted by Gasteiger charge is 2.31. The van der Waals surface area contributed by atoms with E-state index in [9.17, 15) is 45.9 Å². The maximum atomic E-state index is 13.9. The zero-order chi connectivity index (χ0) is 91.5. The number of pyridine rings is 5. The van der Waals surface area contributed by atoms with E-state index in [-0.39, 0.29) is 44.8 Å². The number of benzene rings is 5. The summed E-state index contributed by atoms with van der Waals surface area (Å²) < 4.78 is 73.1. The van der Waals surface area contributed by atoms with Crippen LogP contribution in [0.1, 0.15) is 83.5 Å². The van der Waals surface area contributed by atoms with Gasteiger partial charge in [0.05, 0.1) is 44.6 Å². The number of primary amides is 5. The van der Waals surface area contributed by atoms with E-state index in [0.29, 0.717) is 61.3 Å². The molecule has 10 heterocycles. The normalized spacial score (nSPS) is 11.7. The Morgan fingerprint density at radius 3 is 1.02 bits per heavy atom. The van der Waals surface area contributed by atoms with Crippen molar-refractivity contribution in [2.75, 3.05) is 0 Å². The average molecular weight is 1760 g/mol. The first-order valence-electron chi connectivity index (χ1n) is 38.0. The van der Waals surface area contributed by atoms with Gasteiger partial charge in [-0.1, -0.05) is 98.0 Å². The number of nitrogens with two attached hydrogens (primary N) is 5. The second-order valence-electron chi connectivity index (χ2n) is 28.6. The van der Waals surface area contributed by atoms with E-state index in [2.05, 4.69) is 99.6 Å². The van der Waals surface area contributed by atoms with Gasteiger partial charge in [0.2, 0.25) is 5.95 Å². The van der Waals surface area contributed by atoms with Crippen molar-refractivity contribution in [2.45, 2.75) is 68.5 Å². The standard InChI is InChI=1S/2C18H16ClN5O.C18H14F3N5O.2C18H16FN5O/c1-11-3-12(2)5-13(4-11)18-22-10-24(23-18)9-16(17(20)25)14-6-15(19)8-21-7-14;1-11-5-12(2)7-14(6-11)18-22-10-24(23-18)9-15(17(20)25)13-3-4-16(19)21-8-13;1-11-5-13(7-14(6-11)18(19,20)21)17-24-10-26(25-17)9-15(16(22)27)12-3-2-4-23-8-12;1-11-5-12(2)7-13(6-11)18-22-10-24(23-18)9-15(17(20)25)14-3-4-21-8-16(14)19;1-11-5-12(2)7-14(6-11)18-22-10-24(23-18)9-15(17(20)25)13-3-4-21-16(19)8-13/h2*3-10H,1-2H3,(H2,20,25);2-10H,1H3,(H2,22,27);2*3-10H,1-2H3,(H2,20,25)/b16-9+;4*15-9+. The number of amides is 5. The van der Waals surface area contributed by atoms with Gasteiger partial charge in [0.25, 0.3) is 29.5 Å². The SMILES string of the molecule is Cc1cc(-c2ncn(/C=C(/C(N)=O)c3cccnc3)n2)cc(C(F)(F)F)c1.Cc1cc(C)cc(-c2ncn(/C=C(/C(N)=O)c3ccc(Cl)nc3)n2)c1.Cc1cc(C)cc(-c2ncn(/C=C(/C(N)=O)c3ccnc(F)c3)n2)c1.Cc1cc(C)cc(-c2ncn(/C=C(/C(N)=O)c3ccncc3F)n2)c1.Cc1cc(C)cc(-c2ncn(/C=C(/C(N)=O)c3cncc(Cl)c3)n2)c1. The lowest BCUT2D eigenvalue weighted by molar-refractivity contribution is -0.137. The Morgan fingerprint density at radius 2 is 0.677 bits per heavy atom. The number of hydrogen-bond donors (Lipinski definition) is 5. The van der Waals surface area contributed by atoms with Crippen molar-refractivity contribution in [3.05, 3.63) is 326 Å². The van der Waals surface area contributed by atoms with E-state index >= 15 is 0 Å². The maximum Gasteiger partial charge on any atom is 0.416 e. The molecule has 15 aromatic rings. The van der Waals surface area contributed by atoms with Gasteiger partial charge in [0, 0.05) is 131 Å². The van der Waals surface area contributed by atoms with Crippen LogP contribution in [0.5, 0.6) is 0 Å². The Labute approximate surface area is 732 Å². The molecule has 0 aliphatic carbocycles. The molecule has 127 heavy (non-hydrogen) atoms. The van der Waals surface area contributed by atoms with Gasteiger partial charge in [-0.3, -0.25) is 38.9 Å². The summed E-state index contributed by atoms with van der Waals surface area (Å²) in [5, 5.41) is 22.4. The molecule has 0 bridgehead atoms. The van der Waals surface area contributed by atoms with Crippen LogP contribution in [-0.4, -0.2) is 128 Å². The third-order valence-corrected chi connectivity index (χ3v) is 18.3. The van der Waals surface area contributed by atoms with Crippen LogP contribution in [0.4, 0.5) is 22.0 Å². The molecule has 0 atom stereocenters. The predicted octanol–water partition coefficient (Wildman–Crippen LogP) is 14.5. The van der Waals surface area contributed by atoms with Crippen molar-refractivity contribution in [1.82, 2.24) is 98.7 Å². The van der Waals surface area contributed by atoms with Crippen molar-refractivity contribution in [2.24, 2.45) is 28.7 Å². The molecule has 30 nitrogen and oxygen atoms in total. The summed E-state index contributed by atoms with van der Waals surface area (Å²) in [6.45, 7) is 17.6. The van der Waals surface area contributed by atoms with Crippen LogP contribution in [0.2, 0.25) is 10.2 Å². The number of hydrogen-bond acceptors (Lipinski definition) is 20. The molecule has 10 aromatic heterocycles. The summed E-state index contributed by atoms with van der Waals surface area (Å²) in [7, 11) is 0. The van der Waals surface area contributed by atoms with Gasteiger partial charge in [-0.15, -0.1) is 25.5 Å². The van der Waals surface area contributed by atoms with E-state index in [1.807, 2.05) is 104 Å². The lowest BCUT2D eigenvalue weighted by Gasteiger charge is -2.09. The van der Waals surface area contributed by atoms with E-state index in [4.69, 9.17) is 51.9 Å². The number of aryl methyl sites for hydroxylation is 9. The molecular formula is C90H78Cl2F5N25O5. The summed E-state index contributed by atoms with van der Waals surface area (Å²) in [6.07, 6.45) is 21.1. The number of halogens is 7. The first kappa shape index (κ1) is 91.6. The van der Waals surface area contributed by atoms with Gasteiger partial charge in [0.1, 0.15) is 42.6 Å². The molecule has 37 heteroatoms. The fourth-order valence-corrected chi connectivity index (χ4v) is 13.0. The molecule has 0 saturated heterocycles. The van der Waals surface area contributed by atoms with Crippen molar-refractivity contribution in [3.8, 4) is 56.9 Å². The van der Waals surface area contributed by atoms with Crippen LogP contribution >= 0.6 is 23.2 Å². The fourth-order valence-electron chi connectivity index (χ4n) is 12.7. The largest absolute Gasteiger partial charge is 0.416 e. The molecule has 0 fully saturated rings. The van der Waals surface area contributed by atoms with Crippen molar-refractivity contribution in [3.63, 3.8) is 0 Å². The van der Waals surface area contributed by atoms with Crippen LogP contribution in [-0.2, 0) is 30.1 Å². The molecule has 0 spiro atoms. The summed E-state index contributed by atoms with van der Waals surface area (Å²) in [5.41, 5.74) is 42.2. The molecular weight excluding hydrogens is 1680 g/mol. The van der Waals surface area contributed by atoms with E-state index < -0.39 is 53.0 Å². The molecule has 10 N–H and O–H groups in total. The molecule has 0 unspecified atom stereocenters. The van der Waals surface area contributed by atoms with Crippen LogP contribution in [0.25, 0.3) is 116 Å². The number of aromatic nitrogens is 20. The van der Waals surface area contributed by atoms with Crippen molar-refractivity contribution < 1.29 is 45.9 Å². The molecule has 5 aromatic carbocycles. The van der Waals surface area contributed by atoms with Gasteiger partial charge < -0.3 is 28.7 Å². The molecule has 0 saturated carbocycles. The third-order valence-electron chi connectivity index (χ3n) is 17.9. The first-order valence-corrected chi connectivity index (χ1v) is 38.7. The van der Waals surface area contributed by atoms with E-state index in [0.717, 1.165) is 91.2 Å². The minimum atomic E-state index is -4.47. The van der Waals surface area contributed by atoms with Gasteiger partial charge in [0.15, 0.2) is 29.1 Å². The van der Waals surface area contributed by atoms with Crippen LogP contribution < -0.4 is 28.7 Å². The number of carbonyl (C=O) groups is 5. The zero-order valence-electron chi connectivity index (χ0n) is 69.2. The number of carbonyl (C=O) groups excluding carboxylic acids is 5. The van der Waals surface area contributed by atoms with Gasteiger partial charge >= 0.3 is 6.18 Å². The molecule has 0 aliphatic rings. The van der Waals surface area contributed by atoms with Crippen molar-refractivity contribution >= 4 is 112 Å². The molecule has 642 valence electrons. The number of rotatable bonds is 20. The highest BCUT2D eigenvalue weighted by molar-refractivity contribution is 6.31. The quantitative estimate of drug-likeness (QED) is 0.0269. The summed E-state index contributed by atoms with van der Waals surface area (Å²) in [4.78, 5) is 98.9. The molecule has 0 radical (unpaired) electrons. The minimum absolute atomic E-state index is 0.0169. The van der Waals surface area contributed by atoms with Gasteiger partial charge in [-0.2, -0.15) is 17.6 Å². The molecule has 0 aliphatic heterocycles. The maximum absolute atomic E-state index is 13.9. The zero-order valence-corrected chi connectivity index (χ0v) is 70.7. The van der Waals surface area contributed by atoms with E-state index in [1.165, 1.54) is 135 Å². The van der Waals surface area contributed by atoms with Gasteiger partial charge in [-0.05, 0) is 177 Å². The fraction of sp³-hybridized carbons (Fsp3) is 0.111. The molecule has 15 rings (SSSR count). The Morgan fingerprint density at radius 1 is 0.331 bits per heavy atom. The van der Waals surface area contributed by atoms with Crippen LogP contribution in [0.15, 0.2) is 221 Å². The predicted molar refractivity (Wildman–Crippen MR) is 473 cm³/mol. The highest BCUT2D eigenvalue weighted by atomic mass is 35.5. The molecule has 5 amide bonds. The monoisotopic (exact) mass is 1750 g/mol. The average Bonchev–Trinajstić information content (AvgIpc) is 1.78. The number of alkyl halides is 3. The summed E-state index contributed by atoms with van der Waals surface area (Å²) >= 11 is 11.7. The third kappa shape index (κ3) is 25.5. The lowest BCUT2D eigenvalue weighted by Crippen LogP contribution is -2.14. The smallest absolute Gasteiger partial charge is 0.366 e. The second-order valence-corrected chi connectivity index (χ2v) is 29.4. The van der Waals surface area contributed by atoms with Crippen molar-refractivity contribution in [1.29, 1.82) is 0 Å². The van der Waals surface area contributed by atoms with Crippen LogP contribution in [0, 0.1) is 74.1 Å². The second kappa shape index (κ2) is 41.1. The summed E-state index contributed by atoms with van der Waals surface area (Å²) in [6, 6.07) is 40.0.